The lowest BCUT2D eigenvalue weighted by atomic mass is 10.1. The number of nitrogens with zero attached hydrogens (tertiary/aromatic N) is 1. The van der Waals surface area contributed by atoms with Gasteiger partial charge in [-0.1, -0.05) is 50.2 Å². The van der Waals surface area contributed by atoms with Crippen molar-refractivity contribution in [3.63, 3.8) is 0 Å². The van der Waals surface area contributed by atoms with E-state index < -0.39 is 5.60 Å². The highest BCUT2D eigenvalue weighted by Gasteiger charge is 2.63. The van der Waals surface area contributed by atoms with Gasteiger partial charge in [-0.15, -0.1) is 11.8 Å². The predicted molar refractivity (Wildman–Crippen MR) is 106 cm³/mol. The number of benzene rings is 1. The summed E-state index contributed by atoms with van der Waals surface area (Å²) in [6.07, 6.45) is 1.92. The van der Waals surface area contributed by atoms with Crippen LogP contribution in [-0.4, -0.2) is 16.6 Å². The second kappa shape index (κ2) is 7.07. The van der Waals surface area contributed by atoms with E-state index in [-0.39, 0.29) is 23.2 Å². The lowest BCUT2D eigenvalue weighted by Gasteiger charge is -2.20. The number of pyridine rings is 1. The van der Waals surface area contributed by atoms with Gasteiger partial charge in [-0.05, 0) is 43.4 Å². The average Bonchev–Trinajstić information content (AvgIpc) is 3.15. The molecule has 1 aliphatic rings. The Kier molecular flexibility index (Phi) is 5.16. The molecule has 4 heteroatoms. The molecule has 0 spiro atoms. The summed E-state index contributed by atoms with van der Waals surface area (Å²) in [5.74, 6) is 0.891. The van der Waals surface area contributed by atoms with Crippen molar-refractivity contribution in [3.05, 3.63) is 59.8 Å². The fourth-order valence-corrected chi connectivity index (χ4v) is 4.26. The van der Waals surface area contributed by atoms with Crippen LogP contribution in [0.25, 0.3) is 0 Å². The van der Waals surface area contributed by atoms with E-state index in [1.54, 1.807) is 11.8 Å². The number of esters is 1. The Bertz CT molecular complexity index is 763. The summed E-state index contributed by atoms with van der Waals surface area (Å²) >= 11 is 1.73. The van der Waals surface area contributed by atoms with Crippen molar-refractivity contribution in [1.82, 2.24) is 4.98 Å². The van der Waals surface area contributed by atoms with Crippen molar-refractivity contribution in [3.8, 4) is 0 Å². The van der Waals surface area contributed by atoms with Gasteiger partial charge in [0.05, 0.1) is 10.9 Å². The number of aromatic nitrogens is 1. The molecule has 0 amide bonds. The fraction of sp³-hybridized carbons (Fsp3) is 0.455. The lowest BCUT2D eigenvalue weighted by molar-refractivity contribution is -0.157. The Hall–Kier alpha value is -1.81. The molecule has 1 aromatic heterocycles. The summed E-state index contributed by atoms with van der Waals surface area (Å²) in [7, 11) is 0. The first-order chi connectivity index (χ1) is 12.2. The molecule has 26 heavy (non-hydrogen) atoms. The molecule has 0 unspecified atom stereocenters. The van der Waals surface area contributed by atoms with Gasteiger partial charge in [0, 0.05) is 17.9 Å². The fourth-order valence-electron chi connectivity index (χ4n) is 3.46. The van der Waals surface area contributed by atoms with Crippen LogP contribution in [0.2, 0.25) is 0 Å². The van der Waals surface area contributed by atoms with Crippen molar-refractivity contribution in [2.45, 2.75) is 56.9 Å². The number of carbonyl (C=O) groups is 1. The molecule has 3 rings (SSSR count). The third-order valence-electron chi connectivity index (χ3n) is 4.84. The minimum absolute atomic E-state index is 0.0806. The predicted octanol–water partition coefficient (Wildman–Crippen LogP) is 5.46. The molecule has 1 heterocycles. The van der Waals surface area contributed by atoms with Gasteiger partial charge in [0.15, 0.2) is 0 Å². The second-order valence-corrected chi connectivity index (χ2v) is 9.51. The quantitative estimate of drug-likeness (QED) is 0.518. The molecule has 138 valence electrons. The number of thioether (sulfide) groups is 1. The van der Waals surface area contributed by atoms with E-state index in [2.05, 4.69) is 55.2 Å². The molecule has 1 aliphatic carbocycles. The SMILES string of the molecule is CC(C)(C)OC(=O)[C@H]1[C@H](c2ccc(SCc3ccccc3)nc2)C1(C)C. The molecule has 0 aliphatic heterocycles. The number of hydrogen-bond acceptors (Lipinski definition) is 4. The van der Waals surface area contributed by atoms with Crippen LogP contribution in [0, 0.1) is 11.3 Å². The Labute approximate surface area is 160 Å². The molecule has 0 saturated heterocycles. The van der Waals surface area contributed by atoms with Crippen LogP contribution in [0.5, 0.6) is 0 Å². The van der Waals surface area contributed by atoms with Crippen LogP contribution < -0.4 is 0 Å². The highest BCUT2D eigenvalue weighted by molar-refractivity contribution is 7.98. The summed E-state index contributed by atoms with van der Waals surface area (Å²) in [4.78, 5) is 17.1. The second-order valence-electron chi connectivity index (χ2n) is 8.51. The van der Waals surface area contributed by atoms with Gasteiger partial charge in [-0.2, -0.15) is 0 Å². The monoisotopic (exact) mass is 369 g/mol. The molecule has 0 N–H and O–H groups in total. The zero-order valence-electron chi connectivity index (χ0n) is 16.2. The van der Waals surface area contributed by atoms with E-state index >= 15 is 0 Å². The van der Waals surface area contributed by atoms with E-state index in [0.29, 0.717) is 0 Å². The summed E-state index contributed by atoms with van der Waals surface area (Å²) in [5.41, 5.74) is 1.88. The Balaban J connectivity index is 1.64. The Morgan fingerprint density at radius 1 is 1.15 bits per heavy atom. The number of ether oxygens (including phenoxy) is 1. The van der Waals surface area contributed by atoms with Crippen molar-refractivity contribution < 1.29 is 9.53 Å². The summed E-state index contributed by atoms with van der Waals surface area (Å²) in [6, 6.07) is 14.6. The molecule has 3 nitrogen and oxygen atoms in total. The maximum atomic E-state index is 12.5. The van der Waals surface area contributed by atoms with Crippen LogP contribution in [0.4, 0.5) is 0 Å². The highest BCUT2D eigenvalue weighted by atomic mass is 32.2. The molecular weight excluding hydrogens is 342 g/mol. The summed E-state index contributed by atoms with van der Waals surface area (Å²) in [6.45, 7) is 10.00. The largest absolute Gasteiger partial charge is 0.460 e. The molecule has 1 fully saturated rings. The lowest BCUT2D eigenvalue weighted by Crippen LogP contribution is -2.26. The molecule has 2 atom stereocenters. The topological polar surface area (TPSA) is 39.2 Å². The van der Waals surface area contributed by atoms with Gasteiger partial charge in [-0.25, -0.2) is 4.98 Å². The third-order valence-corrected chi connectivity index (χ3v) is 5.85. The molecular formula is C22H27NO2S. The maximum Gasteiger partial charge on any atom is 0.310 e. The zero-order chi connectivity index (χ0) is 18.9. The summed E-state index contributed by atoms with van der Waals surface area (Å²) in [5, 5.41) is 1.00. The van der Waals surface area contributed by atoms with Crippen molar-refractivity contribution in [2.75, 3.05) is 0 Å². The van der Waals surface area contributed by atoms with E-state index in [0.717, 1.165) is 16.3 Å². The molecule has 0 bridgehead atoms. The molecule has 1 saturated carbocycles. The van der Waals surface area contributed by atoms with Crippen LogP contribution in [0.15, 0.2) is 53.7 Å². The van der Waals surface area contributed by atoms with E-state index in [4.69, 9.17) is 4.74 Å². The van der Waals surface area contributed by atoms with Crippen LogP contribution >= 0.6 is 11.8 Å². The number of hydrogen-bond donors (Lipinski definition) is 0. The minimum atomic E-state index is -0.448. The van der Waals surface area contributed by atoms with Gasteiger partial charge in [0.25, 0.3) is 0 Å². The van der Waals surface area contributed by atoms with Crippen molar-refractivity contribution >= 4 is 17.7 Å². The molecule has 1 aromatic carbocycles. The normalized spacial score (nSPS) is 21.3. The Morgan fingerprint density at radius 2 is 1.85 bits per heavy atom. The van der Waals surface area contributed by atoms with E-state index in [1.165, 1.54) is 5.56 Å². The standard InChI is InChI=1S/C22H27NO2S/c1-21(2,3)25-20(24)19-18(22(19,4)5)16-11-12-17(23-13-16)26-14-15-9-7-6-8-10-15/h6-13,18-19H,14H2,1-5H3/t18-,19+/m0/s1. The smallest absolute Gasteiger partial charge is 0.310 e. The third kappa shape index (κ3) is 4.29. The van der Waals surface area contributed by atoms with Gasteiger partial charge >= 0.3 is 5.97 Å². The van der Waals surface area contributed by atoms with Gasteiger partial charge < -0.3 is 4.74 Å². The maximum absolute atomic E-state index is 12.5. The first-order valence-corrected chi connectivity index (χ1v) is 10.0. The molecule has 0 radical (unpaired) electrons. The molecule has 2 aromatic rings. The van der Waals surface area contributed by atoms with Crippen molar-refractivity contribution in [2.24, 2.45) is 11.3 Å². The zero-order valence-corrected chi connectivity index (χ0v) is 17.0. The first-order valence-electron chi connectivity index (χ1n) is 9.04. The van der Waals surface area contributed by atoms with Crippen LogP contribution in [-0.2, 0) is 15.3 Å². The van der Waals surface area contributed by atoms with Gasteiger partial charge in [-0.3, -0.25) is 4.79 Å². The minimum Gasteiger partial charge on any atom is -0.460 e. The van der Waals surface area contributed by atoms with Gasteiger partial charge in [0.2, 0.25) is 0 Å². The van der Waals surface area contributed by atoms with Gasteiger partial charge in [0.1, 0.15) is 5.60 Å². The van der Waals surface area contributed by atoms with E-state index in [9.17, 15) is 4.79 Å². The highest BCUT2D eigenvalue weighted by Crippen LogP contribution is 2.64. The average molecular weight is 370 g/mol. The number of rotatable bonds is 5. The first kappa shape index (κ1) is 19.0. The summed E-state index contributed by atoms with van der Waals surface area (Å²) < 4.78 is 5.60. The van der Waals surface area contributed by atoms with Crippen LogP contribution in [0.1, 0.15) is 51.7 Å². The number of carbonyl (C=O) groups excluding carboxylic acids is 1. The van der Waals surface area contributed by atoms with Crippen molar-refractivity contribution in [1.29, 1.82) is 0 Å². The van der Waals surface area contributed by atoms with Crippen LogP contribution in [0.3, 0.4) is 0 Å². The Morgan fingerprint density at radius 3 is 2.42 bits per heavy atom. The van der Waals surface area contributed by atoms with E-state index in [1.807, 2.05) is 33.0 Å².